The van der Waals surface area contributed by atoms with E-state index in [4.69, 9.17) is 5.11 Å². The minimum atomic E-state index is -0.901. The molecule has 104 valence electrons. The van der Waals surface area contributed by atoms with Gasteiger partial charge in [0.25, 0.3) is 0 Å². The van der Waals surface area contributed by atoms with Crippen molar-refractivity contribution in [3.63, 3.8) is 0 Å². The number of rotatable bonds is 4. The second-order valence-corrected chi connectivity index (χ2v) is 6.12. The van der Waals surface area contributed by atoms with Crippen molar-refractivity contribution >= 4 is 12.0 Å². The Bertz CT molecular complexity index is 326. The van der Waals surface area contributed by atoms with Crippen LogP contribution in [0.4, 0.5) is 4.79 Å². The first-order chi connectivity index (χ1) is 8.21. The normalized spacial score (nSPS) is 20.3. The number of nitrogens with one attached hydrogen (secondary N) is 1. The lowest BCUT2D eigenvalue weighted by Crippen LogP contribution is -2.50. The number of hydrogen-bond donors (Lipinski definition) is 2. The zero-order valence-corrected chi connectivity index (χ0v) is 11.7. The number of urea groups is 1. The van der Waals surface area contributed by atoms with E-state index in [1.165, 1.54) is 0 Å². The Morgan fingerprint density at radius 2 is 2.06 bits per heavy atom. The van der Waals surface area contributed by atoms with Crippen LogP contribution in [0.2, 0.25) is 0 Å². The fourth-order valence-corrected chi connectivity index (χ4v) is 2.31. The lowest BCUT2D eigenvalue weighted by atomic mass is 9.95. The van der Waals surface area contributed by atoms with E-state index in [1.807, 2.05) is 0 Å². The van der Waals surface area contributed by atoms with Gasteiger partial charge in [-0.05, 0) is 32.1 Å². The number of hydrogen-bond acceptors (Lipinski definition) is 2. The second kappa shape index (κ2) is 5.59. The first-order valence-corrected chi connectivity index (χ1v) is 6.50. The van der Waals surface area contributed by atoms with E-state index in [9.17, 15) is 9.59 Å². The van der Waals surface area contributed by atoms with Gasteiger partial charge in [-0.25, -0.2) is 4.79 Å². The Morgan fingerprint density at radius 3 is 2.50 bits per heavy atom. The van der Waals surface area contributed by atoms with Crippen molar-refractivity contribution in [2.75, 3.05) is 13.1 Å². The molecule has 0 radical (unpaired) electrons. The van der Waals surface area contributed by atoms with Gasteiger partial charge in [-0.3, -0.25) is 4.79 Å². The van der Waals surface area contributed by atoms with Gasteiger partial charge in [0, 0.05) is 18.6 Å². The summed E-state index contributed by atoms with van der Waals surface area (Å²) in [6.45, 7) is 9.33. The third kappa shape index (κ3) is 4.20. The molecule has 1 heterocycles. The van der Waals surface area contributed by atoms with Crippen LogP contribution in [0.25, 0.3) is 0 Å². The summed E-state index contributed by atoms with van der Waals surface area (Å²) in [4.78, 5) is 24.5. The van der Waals surface area contributed by atoms with Crippen LogP contribution in [0.5, 0.6) is 0 Å². The second-order valence-electron chi connectivity index (χ2n) is 6.12. The molecular weight excluding hydrogens is 232 g/mol. The van der Waals surface area contributed by atoms with Gasteiger partial charge in [0.15, 0.2) is 0 Å². The van der Waals surface area contributed by atoms with Gasteiger partial charge < -0.3 is 15.3 Å². The van der Waals surface area contributed by atoms with E-state index in [1.54, 1.807) is 18.7 Å². The number of aliphatic carboxylic acids is 1. The predicted octanol–water partition coefficient (Wildman–Crippen LogP) is 1.93. The highest BCUT2D eigenvalue weighted by atomic mass is 16.4. The molecule has 0 bridgehead atoms. The van der Waals surface area contributed by atoms with Gasteiger partial charge >= 0.3 is 12.0 Å². The van der Waals surface area contributed by atoms with Gasteiger partial charge in [0.05, 0.1) is 6.42 Å². The number of carboxylic acids is 1. The summed E-state index contributed by atoms with van der Waals surface area (Å²) in [5, 5.41) is 11.6. The van der Waals surface area contributed by atoms with Crippen molar-refractivity contribution in [1.82, 2.24) is 10.2 Å². The molecule has 1 atom stereocenters. The van der Waals surface area contributed by atoms with Gasteiger partial charge in [-0.15, -0.1) is 0 Å². The smallest absolute Gasteiger partial charge is 0.317 e. The van der Waals surface area contributed by atoms with Crippen molar-refractivity contribution in [2.45, 2.75) is 46.1 Å². The molecule has 1 saturated heterocycles. The SMILES string of the molecule is CC(C)C1CCN(C(=O)NC(C)(C)CC(=O)O)C1. The number of carboxylic acid groups (broad SMARTS) is 1. The molecule has 0 aromatic rings. The van der Waals surface area contributed by atoms with Crippen LogP contribution in [-0.4, -0.2) is 40.6 Å². The highest BCUT2D eigenvalue weighted by Crippen LogP contribution is 2.24. The highest BCUT2D eigenvalue weighted by Gasteiger charge is 2.31. The molecule has 0 spiro atoms. The number of amides is 2. The van der Waals surface area contributed by atoms with Gasteiger partial charge in [0.2, 0.25) is 0 Å². The van der Waals surface area contributed by atoms with Crippen LogP contribution >= 0.6 is 0 Å². The summed E-state index contributed by atoms with van der Waals surface area (Å²) in [6, 6.07) is -0.149. The number of nitrogens with zero attached hydrogens (tertiary/aromatic N) is 1. The molecule has 0 aromatic carbocycles. The van der Waals surface area contributed by atoms with Crippen LogP contribution in [0.3, 0.4) is 0 Å². The van der Waals surface area contributed by atoms with Crippen LogP contribution in [-0.2, 0) is 4.79 Å². The van der Waals surface area contributed by atoms with Crippen molar-refractivity contribution in [3.8, 4) is 0 Å². The van der Waals surface area contributed by atoms with Crippen LogP contribution in [0.15, 0.2) is 0 Å². The van der Waals surface area contributed by atoms with E-state index < -0.39 is 11.5 Å². The molecule has 1 rings (SSSR count). The lowest BCUT2D eigenvalue weighted by molar-refractivity contribution is -0.138. The lowest BCUT2D eigenvalue weighted by Gasteiger charge is -2.28. The Labute approximate surface area is 109 Å². The van der Waals surface area contributed by atoms with Crippen LogP contribution in [0.1, 0.15) is 40.5 Å². The molecule has 1 aliphatic rings. The summed E-state index contributed by atoms with van der Waals surface area (Å²) in [5.41, 5.74) is -0.709. The van der Waals surface area contributed by atoms with Gasteiger partial charge in [-0.1, -0.05) is 13.8 Å². The molecule has 0 aromatic heterocycles. The topological polar surface area (TPSA) is 69.6 Å². The molecule has 2 amide bonds. The molecular formula is C13H24N2O3. The molecule has 2 N–H and O–H groups in total. The Balaban J connectivity index is 2.49. The standard InChI is InChI=1S/C13H24N2O3/c1-9(2)10-5-6-15(8-10)12(18)14-13(3,4)7-11(16)17/h9-10H,5-8H2,1-4H3,(H,14,18)(H,16,17). The molecule has 5 heteroatoms. The quantitative estimate of drug-likeness (QED) is 0.807. The van der Waals surface area contributed by atoms with Crippen molar-refractivity contribution < 1.29 is 14.7 Å². The maximum absolute atomic E-state index is 12.0. The summed E-state index contributed by atoms with van der Waals surface area (Å²) in [6.07, 6.45) is 0.963. The highest BCUT2D eigenvalue weighted by molar-refractivity contribution is 5.77. The molecule has 1 aliphatic heterocycles. The van der Waals surface area contributed by atoms with Crippen LogP contribution < -0.4 is 5.32 Å². The number of likely N-dealkylation sites (tertiary alicyclic amines) is 1. The van der Waals surface area contributed by atoms with Crippen LogP contribution in [0, 0.1) is 11.8 Å². The maximum Gasteiger partial charge on any atom is 0.317 e. The van der Waals surface area contributed by atoms with Crippen molar-refractivity contribution in [2.24, 2.45) is 11.8 Å². The number of carbonyl (C=O) groups excluding carboxylic acids is 1. The van der Waals surface area contributed by atoms with Crippen molar-refractivity contribution in [1.29, 1.82) is 0 Å². The first-order valence-electron chi connectivity index (χ1n) is 6.50. The molecule has 5 nitrogen and oxygen atoms in total. The summed E-state index contributed by atoms with van der Waals surface area (Å²) in [5.74, 6) is 0.231. The fourth-order valence-electron chi connectivity index (χ4n) is 2.31. The third-order valence-corrected chi connectivity index (χ3v) is 3.49. The van der Waals surface area contributed by atoms with E-state index in [-0.39, 0.29) is 12.5 Å². The van der Waals surface area contributed by atoms with E-state index in [0.29, 0.717) is 11.8 Å². The monoisotopic (exact) mass is 256 g/mol. The predicted molar refractivity (Wildman–Crippen MR) is 69.4 cm³/mol. The largest absolute Gasteiger partial charge is 0.481 e. The Hall–Kier alpha value is -1.26. The van der Waals surface area contributed by atoms with E-state index in [0.717, 1.165) is 19.5 Å². The Morgan fingerprint density at radius 1 is 1.44 bits per heavy atom. The maximum atomic E-state index is 12.0. The first kappa shape index (κ1) is 14.8. The molecule has 18 heavy (non-hydrogen) atoms. The minimum Gasteiger partial charge on any atom is -0.481 e. The summed E-state index contributed by atoms with van der Waals surface area (Å²) >= 11 is 0. The number of carbonyl (C=O) groups is 2. The van der Waals surface area contributed by atoms with Gasteiger partial charge in [0.1, 0.15) is 0 Å². The average Bonchev–Trinajstić information content (AvgIpc) is 2.62. The van der Waals surface area contributed by atoms with Crippen molar-refractivity contribution in [3.05, 3.63) is 0 Å². The third-order valence-electron chi connectivity index (χ3n) is 3.49. The molecule has 1 unspecified atom stereocenters. The average molecular weight is 256 g/mol. The Kier molecular flexibility index (Phi) is 4.59. The fraction of sp³-hybridized carbons (Fsp3) is 0.846. The molecule has 1 fully saturated rings. The molecule has 0 saturated carbocycles. The van der Waals surface area contributed by atoms with Gasteiger partial charge in [-0.2, -0.15) is 0 Å². The zero-order chi connectivity index (χ0) is 13.9. The zero-order valence-electron chi connectivity index (χ0n) is 11.7. The summed E-state index contributed by atoms with van der Waals surface area (Å²) in [7, 11) is 0. The minimum absolute atomic E-state index is 0.0693. The van der Waals surface area contributed by atoms with E-state index in [2.05, 4.69) is 19.2 Å². The summed E-state index contributed by atoms with van der Waals surface area (Å²) < 4.78 is 0. The molecule has 0 aliphatic carbocycles. The van der Waals surface area contributed by atoms with E-state index >= 15 is 0 Å².